The van der Waals surface area contributed by atoms with Crippen molar-refractivity contribution in [2.45, 2.75) is 19.1 Å². The molecule has 0 aliphatic carbocycles. The zero-order valence-electron chi connectivity index (χ0n) is 7.40. The van der Waals surface area contributed by atoms with Crippen LogP contribution in [0.15, 0.2) is 24.5 Å². The lowest BCUT2D eigenvalue weighted by Crippen LogP contribution is -2.26. The summed E-state index contributed by atoms with van der Waals surface area (Å²) in [6.45, 7) is 1.92. The Morgan fingerprint density at radius 1 is 1.58 bits per heavy atom. The summed E-state index contributed by atoms with van der Waals surface area (Å²) in [6, 6.07) is 3.83. The topological polar surface area (TPSA) is 48.1 Å². The number of rotatable bonds is 3. The summed E-state index contributed by atoms with van der Waals surface area (Å²) in [5.41, 5.74) is 6.75. The standard InChI is InChI=1S/C9H14N2O/c1-7(10)9(12-2)8-4-3-5-11-6-8/h3-7,9H,10H2,1-2H3. The van der Waals surface area contributed by atoms with E-state index in [-0.39, 0.29) is 12.1 Å². The van der Waals surface area contributed by atoms with Crippen LogP contribution < -0.4 is 5.73 Å². The summed E-state index contributed by atoms with van der Waals surface area (Å²) in [5.74, 6) is 0. The largest absolute Gasteiger partial charge is 0.375 e. The van der Waals surface area contributed by atoms with Crippen molar-refractivity contribution in [3.05, 3.63) is 30.1 Å². The van der Waals surface area contributed by atoms with E-state index in [0.717, 1.165) is 5.56 Å². The van der Waals surface area contributed by atoms with Crippen LogP contribution in [0.3, 0.4) is 0 Å². The minimum atomic E-state index is -0.0568. The van der Waals surface area contributed by atoms with E-state index in [4.69, 9.17) is 10.5 Å². The molecule has 1 aromatic rings. The van der Waals surface area contributed by atoms with Crippen molar-refractivity contribution in [3.8, 4) is 0 Å². The van der Waals surface area contributed by atoms with E-state index < -0.39 is 0 Å². The zero-order chi connectivity index (χ0) is 8.97. The molecule has 0 aliphatic heterocycles. The van der Waals surface area contributed by atoms with Crippen molar-refractivity contribution in [1.82, 2.24) is 4.98 Å². The van der Waals surface area contributed by atoms with Crippen molar-refractivity contribution in [2.75, 3.05) is 7.11 Å². The molecule has 0 fully saturated rings. The molecule has 0 bridgehead atoms. The fourth-order valence-electron chi connectivity index (χ4n) is 1.20. The van der Waals surface area contributed by atoms with Gasteiger partial charge in [0.25, 0.3) is 0 Å². The van der Waals surface area contributed by atoms with Gasteiger partial charge in [-0.15, -0.1) is 0 Å². The first-order valence-corrected chi connectivity index (χ1v) is 3.94. The highest BCUT2D eigenvalue weighted by Crippen LogP contribution is 2.17. The lowest BCUT2D eigenvalue weighted by atomic mass is 10.1. The number of ether oxygens (including phenoxy) is 1. The Morgan fingerprint density at radius 2 is 2.33 bits per heavy atom. The van der Waals surface area contributed by atoms with Crippen LogP contribution >= 0.6 is 0 Å². The third-order valence-electron chi connectivity index (χ3n) is 1.74. The Morgan fingerprint density at radius 3 is 2.75 bits per heavy atom. The molecule has 0 saturated carbocycles. The fraction of sp³-hybridized carbons (Fsp3) is 0.444. The van der Waals surface area contributed by atoms with Crippen LogP contribution in [0.1, 0.15) is 18.6 Å². The summed E-state index contributed by atoms with van der Waals surface area (Å²) < 4.78 is 5.23. The summed E-state index contributed by atoms with van der Waals surface area (Å²) >= 11 is 0. The van der Waals surface area contributed by atoms with Gasteiger partial charge in [0.2, 0.25) is 0 Å². The molecule has 0 spiro atoms. The molecular weight excluding hydrogens is 152 g/mol. The predicted octanol–water partition coefficient (Wildman–Crippen LogP) is 1.12. The SMILES string of the molecule is COC(c1cccnc1)C(C)N. The third kappa shape index (κ3) is 2.03. The maximum Gasteiger partial charge on any atom is 0.0984 e. The van der Waals surface area contributed by atoms with E-state index in [1.165, 1.54) is 0 Å². The first-order valence-electron chi connectivity index (χ1n) is 3.94. The average Bonchev–Trinajstić information content (AvgIpc) is 2.07. The number of hydrogen-bond acceptors (Lipinski definition) is 3. The molecule has 1 heterocycles. The number of aromatic nitrogens is 1. The van der Waals surface area contributed by atoms with Gasteiger partial charge in [0.15, 0.2) is 0 Å². The molecule has 1 rings (SSSR count). The summed E-state index contributed by atoms with van der Waals surface area (Å²) in [5, 5.41) is 0. The molecular formula is C9H14N2O. The summed E-state index contributed by atoms with van der Waals surface area (Å²) in [7, 11) is 1.65. The lowest BCUT2D eigenvalue weighted by Gasteiger charge is -2.18. The smallest absolute Gasteiger partial charge is 0.0984 e. The number of pyridine rings is 1. The average molecular weight is 166 g/mol. The van der Waals surface area contributed by atoms with Crippen LogP contribution in [0, 0.1) is 0 Å². The third-order valence-corrected chi connectivity index (χ3v) is 1.74. The molecule has 1 aromatic heterocycles. The second-order valence-corrected chi connectivity index (χ2v) is 2.80. The fourth-order valence-corrected chi connectivity index (χ4v) is 1.20. The van der Waals surface area contributed by atoms with E-state index >= 15 is 0 Å². The quantitative estimate of drug-likeness (QED) is 0.731. The summed E-state index contributed by atoms with van der Waals surface area (Å²) in [4.78, 5) is 4.00. The maximum absolute atomic E-state index is 5.73. The molecule has 0 amide bonds. The molecule has 0 aromatic carbocycles. The molecule has 3 heteroatoms. The Bertz CT molecular complexity index is 223. The Hall–Kier alpha value is -0.930. The van der Waals surface area contributed by atoms with Gasteiger partial charge in [0.05, 0.1) is 6.10 Å². The van der Waals surface area contributed by atoms with Crippen LogP contribution in [0.2, 0.25) is 0 Å². The molecule has 66 valence electrons. The van der Waals surface area contributed by atoms with Crippen molar-refractivity contribution in [1.29, 1.82) is 0 Å². The van der Waals surface area contributed by atoms with Crippen molar-refractivity contribution in [3.63, 3.8) is 0 Å². The molecule has 2 N–H and O–H groups in total. The molecule has 3 nitrogen and oxygen atoms in total. The first kappa shape index (κ1) is 9.16. The highest BCUT2D eigenvalue weighted by atomic mass is 16.5. The highest BCUT2D eigenvalue weighted by molar-refractivity contribution is 5.13. The Kier molecular flexibility index (Phi) is 3.19. The van der Waals surface area contributed by atoms with E-state index in [1.807, 2.05) is 19.1 Å². The monoisotopic (exact) mass is 166 g/mol. The second-order valence-electron chi connectivity index (χ2n) is 2.80. The van der Waals surface area contributed by atoms with E-state index in [1.54, 1.807) is 19.5 Å². The lowest BCUT2D eigenvalue weighted by molar-refractivity contribution is 0.0851. The van der Waals surface area contributed by atoms with Crippen molar-refractivity contribution in [2.24, 2.45) is 5.73 Å². The van der Waals surface area contributed by atoms with Crippen LogP contribution in [0.4, 0.5) is 0 Å². The van der Waals surface area contributed by atoms with Gasteiger partial charge < -0.3 is 10.5 Å². The van der Waals surface area contributed by atoms with Gasteiger partial charge in [-0.2, -0.15) is 0 Å². The van der Waals surface area contributed by atoms with Crippen LogP contribution in [-0.4, -0.2) is 18.1 Å². The zero-order valence-corrected chi connectivity index (χ0v) is 7.40. The summed E-state index contributed by atoms with van der Waals surface area (Å²) in [6.07, 6.45) is 3.45. The number of nitrogens with two attached hydrogens (primary N) is 1. The van der Waals surface area contributed by atoms with Crippen LogP contribution in [0.25, 0.3) is 0 Å². The minimum Gasteiger partial charge on any atom is -0.375 e. The number of hydrogen-bond donors (Lipinski definition) is 1. The molecule has 12 heavy (non-hydrogen) atoms. The van der Waals surface area contributed by atoms with E-state index in [2.05, 4.69) is 4.98 Å². The van der Waals surface area contributed by atoms with Gasteiger partial charge in [-0.1, -0.05) is 6.07 Å². The molecule has 0 saturated heterocycles. The second kappa shape index (κ2) is 4.18. The highest BCUT2D eigenvalue weighted by Gasteiger charge is 2.14. The van der Waals surface area contributed by atoms with Gasteiger partial charge in [0.1, 0.15) is 0 Å². The predicted molar refractivity (Wildman–Crippen MR) is 47.6 cm³/mol. The van der Waals surface area contributed by atoms with Gasteiger partial charge >= 0.3 is 0 Å². The normalized spacial score (nSPS) is 15.6. The molecule has 0 aliphatic rings. The Balaban J connectivity index is 2.80. The van der Waals surface area contributed by atoms with Crippen LogP contribution in [0.5, 0.6) is 0 Å². The van der Waals surface area contributed by atoms with Gasteiger partial charge in [0, 0.05) is 31.1 Å². The van der Waals surface area contributed by atoms with Crippen molar-refractivity contribution >= 4 is 0 Å². The molecule has 2 unspecified atom stereocenters. The van der Waals surface area contributed by atoms with Gasteiger partial charge in [-0.05, 0) is 13.0 Å². The van der Waals surface area contributed by atoms with Gasteiger partial charge in [-0.25, -0.2) is 0 Å². The number of methoxy groups -OCH3 is 1. The van der Waals surface area contributed by atoms with E-state index in [0.29, 0.717) is 0 Å². The van der Waals surface area contributed by atoms with Gasteiger partial charge in [-0.3, -0.25) is 4.98 Å². The van der Waals surface area contributed by atoms with Crippen LogP contribution in [-0.2, 0) is 4.74 Å². The maximum atomic E-state index is 5.73. The van der Waals surface area contributed by atoms with E-state index in [9.17, 15) is 0 Å². The molecule has 2 atom stereocenters. The first-order chi connectivity index (χ1) is 5.75. The minimum absolute atomic E-state index is 0.0146. The Labute approximate surface area is 72.6 Å². The van der Waals surface area contributed by atoms with Crippen molar-refractivity contribution < 1.29 is 4.74 Å². The number of nitrogens with zero attached hydrogens (tertiary/aromatic N) is 1. The molecule has 0 radical (unpaired) electrons.